The molecular formula is C10H6F2O6S2. The van der Waals surface area contributed by atoms with Gasteiger partial charge in [-0.1, -0.05) is 19.9 Å². The standard InChI is InChI=1S/C10H6F2O6S2/c11-19(13,14)17-9-3-1-7-5-10(18-20(12,15)16)4-2-8(7)6-9/h1-6H. The van der Waals surface area contributed by atoms with Crippen LogP contribution < -0.4 is 8.37 Å². The predicted molar refractivity (Wildman–Crippen MR) is 65.3 cm³/mol. The van der Waals surface area contributed by atoms with Crippen LogP contribution in [0.15, 0.2) is 36.4 Å². The molecule has 0 saturated carbocycles. The fourth-order valence-electron chi connectivity index (χ4n) is 1.54. The molecule has 0 atom stereocenters. The third kappa shape index (κ3) is 4.03. The second-order valence-corrected chi connectivity index (χ2v) is 5.53. The number of benzene rings is 2. The van der Waals surface area contributed by atoms with Crippen molar-refractivity contribution in [2.24, 2.45) is 0 Å². The Hall–Kier alpha value is -1.94. The van der Waals surface area contributed by atoms with E-state index in [0.717, 1.165) is 12.1 Å². The van der Waals surface area contributed by atoms with Crippen LogP contribution in [-0.4, -0.2) is 16.8 Å². The zero-order chi connectivity index (χ0) is 15.0. The van der Waals surface area contributed by atoms with Gasteiger partial charge < -0.3 is 8.37 Å². The van der Waals surface area contributed by atoms with Gasteiger partial charge in [0.1, 0.15) is 11.5 Å². The van der Waals surface area contributed by atoms with Gasteiger partial charge in [0.25, 0.3) is 0 Å². The molecule has 0 radical (unpaired) electrons. The molecule has 0 unspecified atom stereocenters. The molecule has 20 heavy (non-hydrogen) atoms. The van der Waals surface area contributed by atoms with Crippen molar-refractivity contribution in [3.05, 3.63) is 36.4 Å². The van der Waals surface area contributed by atoms with Crippen LogP contribution >= 0.6 is 0 Å². The first-order valence-electron chi connectivity index (χ1n) is 4.94. The van der Waals surface area contributed by atoms with Crippen molar-refractivity contribution in [1.82, 2.24) is 0 Å². The molecule has 2 aromatic carbocycles. The van der Waals surface area contributed by atoms with Crippen molar-refractivity contribution in [3.63, 3.8) is 0 Å². The highest BCUT2D eigenvalue weighted by atomic mass is 32.3. The highest BCUT2D eigenvalue weighted by molar-refractivity contribution is 7.82. The Balaban J connectivity index is 2.39. The lowest BCUT2D eigenvalue weighted by Crippen LogP contribution is -2.01. The van der Waals surface area contributed by atoms with Crippen molar-refractivity contribution in [3.8, 4) is 11.5 Å². The van der Waals surface area contributed by atoms with Gasteiger partial charge in [0.2, 0.25) is 0 Å². The maximum absolute atomic E-state index is 12.3. The highest BCUT2D eigenvalue weighted by Crippen LogP contribution is 2.26. The molecule has 0 bridgehead atoms. The van der Waals surface area contributed by atoms with Crippen LogP contribution in [0.1, 0.15) is 0 Å². The summed E-state index contributed by atoms with van der Waals surface area (Å²) in [4.78, 5) is 0. The monoisotopic (exact) mass is 324 g/mol. The largest absolute Gasteiger partial charge is 0.488 e. The summed E-state index contributed by atoms with van der Waals surface area (Å²) in [6.45, 7) is 0. The number of hydrogen-bond acceptors (Lipinski definition) is 6. The Bertz CT molecular complexity index is 787. The molecule has 0 aliphatic rings. The molecule has 0 saturated heterocycles. The molecule has 10 heteroatoms. The third-order valence-corrected chi connectivity index (χ3v) is 2.96. The summed E-state index contributed by atoms with van der Waals surface area (Å²) in [5.41, 5.74) is 0. The molecule has 0 fully saturated rings. The Morgan fingerprint density at radius 1 is 0.700 bits per heavy atom. The average Bonchev–Trinajstić information content (AvgIpc) is 2.25. The van der Waals surface area contributed by atoms with E-state index >= 15 is 0 Å². The lowest BCUT2D eigenvalue weighted by atomic mass is 10.1. The van der Waals surface area contributed by atoms with Crippen molar-refractivity contribution in [2.45, 2.75) is 0 Å². The number of fused-ring (bicyclic) bond motifs is 1. The molecule has 2 rings (SSSR count). The topological polar surface area (TPSA) is 86.7 Å². The van der Waals surface area contributed by atoms with Gasteiger partial charge in [0.15, 0.2) is 0 Å². The zero-order valence-electron chi connectivity index (χ0n) is 9.49. The summed E-state index contributed by atoms with van der Waals surface area (Å²) in [7, 11) is -10.3. The van der Waals surface area contributed by atoms with Crippen molar-refractivity contribution in [1.29, 1.82) is 0 Å². The molecule has 0 spiro atoms. The minimum Gasteiger partial charge on any atom is -0.358 e. The molecule has 0 heterocycles. The molecule has 0 amide bonds. The number of rotatable bonds is 4. The van der Waals surface area contributed by atoms with Crippen LogP contribution in [-0.2, 0) is 21.0 Å². The van der Waals surface area contributed by atoms with Crippen molar-refractivity contribution in [2.75, 3.05) is 0 Å². The Labute approximate surface area is 113 Å². The van der Waals surface area contributed by atoms with Crippen molar-refractivity contribution >= 4 is 31.8 Å². The van der Waals surface area contributed by atoms with E-state index in [1.54, 1.807) is 0 Å². The van der Waals surface area contributed by atoms with E-state index in [-0.39, 0.29) is 11.5 Å². The van der Waals surface area contributed by atoms with Gasteiger partial charge in [0.05, 0.1) is 0 Å². The van der Waals surface area contributed by atoms with Gasteiger partial charge in [-0.2, -0.15) is 16.8 Å². The zero-order valence-corrected chi connectivity index (χ0v) is 11.1. The Morgan fingerprint density at radius 2 is 1.05 bits per heavy atom. The summed E-state index contributed by atoms with van der Waals surface area (Å²) in [6, 6.07) is 7.36. The summed E-state index contributed by atoms with van der Waals surface area (Å²) >= 11 is 0. The minimum atomic E-state index is -5.13. The summed E-state index contributed by atoms with van der Waals surface area (Å²) in [5, 5.41) is 0.824. The van der Waals surface area contributed by atoms with Crippen LogP contribution in [0.4, 0.5) is 7.77 Å². The Kier molecular flexibility index (Phi) is 3.52. The van der Waals surface area contributed by atoms with E-state index in [9.17, 15) is 24.6 Å². The quantitative estimate of drug-likeness (QED) is 0.800. The third-order valence-electron chi connectivity index (χ3n) is 2.17. The molecule has 0 aliphatic carbocycles. The summed E-state index contributed by atoms with van der Waals surface area (Å²) in [6.07, 6.45) is 0. The second-order valence-electron chi connectivity index (χ2n) is 3.62. The van der Waals surface area contributed by atoms with Crippen LogP contribution in [0.5, 0.6) is 11.5 Å². The first-order valence-corrected chi connectivity index (χ1v) is 7.56. The maximum Gasteiger partial charge on any atom is 0.488 e. The minimum absolute atomic E-state index is 0.258. The van der Waals surface area contributed by atoms with E-state index in [2.05, 4.69) is 8.37 Å². The van der Waals surface area contributed by atoms with Crippen LogP contribution in [0, 0.1) is 0 Å². The first kappa shape index (κ1) is 14.5. The fourth-order valence-corrected chi connectivity index (χ4v) is 2.20. The predicted octanol–water partition coefficient (Wildman–Crippen LogP) is 2.03. The van der Waals surface area contributed by atoms with Gasteiger partial charge in [-0.05, 0) is 35.0 Å². The highest BCUT2D eigenvalue weighted by Gasteiger charge is 2.12. The van der Waals surface area contributed by atoms with E-state index in [0.29, 0.717) is 10.8 Å². The Morgan fingerprint density at radius 3 is 1.35 bits per heavy atom. The lowest BCUT2D eigenvalue weighted by molar-refractivity contribution is 0.437. The molecule has 0 N–H and O–H groups in total. The molecule has 6 nitrogen and oxygen atoms in total. The summed E-state index contributed by atoms with van der Waals surface area (Å²) < 4.78 is 74.1. The van der Waals surface area contributed by atoms with Gasteiger partial charge in [-0.15, -0.1) is 0 Å². The normalized spacial score (nSPS) is 12.3. The van der Waals surface area contributed by atoms with Crippen molar-refractivity contribution < 1.29 is 33.0 Å². The maximum atomic E-state index is 12.3. The average molecular weight is 324 g/mol. The number of hydrogen-bond donors (Lipinski definition) is 0. The number of halogens is 2. The second kappa shape index (κ2) is 4.87. The fraction of sp³-hybridized carbons (Fsp3) is 0. The SMILES string of the molecule is O=S(=O)(F)Oc1ccc2cc(OS(=O)(=O)F)ccc2c1. The first-order chi connectivity index (χ1) is 9.12. The van der Waals surface area contributed by atoms with Gasteiger partial charge in [-0.25, -0.2) is 0 Å². The summed E-state index contributed by atoms with van der Waals surface area (Å²) in [5.74, 6) is -0.515. The van der Waals surface area contributed by atoms with E-state index < -0.39 is 21.0 Å². The molecule has 2 aromatic rings. The van der Waals surface area contributed by atoms with Gasteiger partial charge in [0, 0.05) is 0 Å². The van der Waals surface area contributed by atoms with Crippen LogP contribution in [0.25, 0.3) is 10.8 Å². The van der Waals surface area contributed by atoms with E-state index in [4.69, 9.17) is 0 Å². The van der Waals surface area contributed by atoms with E-state index in [1.807, 2.05) is 0 Å². The van der Waals surface area contributed by atoms with Gasteiger partial charge >= 0.3 is 21.0 Å². The molecule has 108 valence electrons. The molecular weight excluding hydrogens is 318 g/mol. The van der Waals surface area contributed by atoms with Gasteiger partial charge in [-0.3, -0.25) is 0 Å². The molecule has 0 aliphatic heterocycles. The van der Waals surface area contributed by atoms with E-state index in [1.165, 1.54) is 24.3 Å². The van der Waals surface area contributed by atoms with Crippen LogP contribution in [0.3, 0.4) is 0 Å². The smallest absolute Gasteiger partial charge is 0.358 e. The lowest BCUT2D eigenvalue weighted by Gasteiger charge is -2.04. The van der Waals surface area contributed by atoms with Crippen LogP contribution in [0.2, 0.25) is 0 Å². The molecule has 0 aromatic heterocycles.